The molecule has 0 saturated heterocycles. The molecule has 0 aliphatic heterocycles. The molecule has 28 heavy (non-hydrogen) atoms. The normalized spacial score (nSPS) is 30.3. The van der Waals surface area contributed by atoms with Crippen LogP contribution in [0.2, 0.25) is 0 Å². The highest BCUT2D eigenvalue weighted by Crippen LogP contribution is 2.46. The number of hydrogen-bond acceptors (Lipinski definition) is 5. The van der Waals surface area contributed by atoms with Crippen molar-refractivity contribution >= 4 is 11.0 Å². The van der Waals surface area contributed by atoms with Crippen molar-refractivity contribution in [3.63, 3.8) is 0 Å². The van der Waals surface area contributed by atoms with Crippen molar-refractivity contribution < 1.29 is 4.39 Å². The molecule has 3 heterocycles. The molecule has 0 unspecified atom stereocenters. The Bertz CT molecular complexity index is 1050. The van der Waals surface area contributed by atoms with Crippen molar-refractivity contribution in [3.05, 3.63) is 46.7 Å². The average molecular weight is 382 g/mol. The van der Waals surface area contributed by atoms with E-state index in [4.69, 9.17) is 4.98 Å². The maximum atomic E-state index is 14.2. The number of nitrogens with one attached hydrogen (secondary N) is 1. The van der Waals surface area contributed by atoms with Crippen LogP contribution in [0.3, 0.4) is 0 Å². The number of H-pyrrole nitrogens is 1. The van der Waals surface area contributed by atoms with Gasteiger partial charge in [0.1, 0.15) is 22.7 Å². The zero-order valence-corrected chi connectivity index (χ0v) is 15.8. The van der Waals surface area contributed by atoms with Gasteiger partial charge >= 0.3 is 0 Å². The van der Waals surface area contributed by atoms with E-state index >= 15 is 0 Å². The molecule has 2 aliphatic rings. The molecule has 5 rings (SSSR count). The highest BCUT2D eigenvalue weighted by molar-refractivity contribution is 5.73. The Morgan fingerprint density at radius 3 is 2.54 bits per heavy atom. The molecule has 2 fully saturated rings. The predicted octanol–water partition coefficient (Wildman–Crippen LogP) is 3.41. The van der Waals surface area contributed by atoms with Gasteiger partial charge in [0.2, 0.25) is 0 Å². The molecule has 3 aromatic heterocycles. The van der Waals surface area contributed by atoms with Gasteiger partial charge in [-0.2, -0.15) is 5.10 Å². The van der Waals surface area contributed by atoms with Crippen LogP contribution in [0.5, 0.6) is 0 Å². The predicted molar refractivity (Wildman–Crippen MR) is 102 cm³/mol. The fourth-order valence-corrected chi connectivity index (χ4v) is 4.48. The van der Waals surface area contributed by atoms with Gasteiger partial charge in [0.15, 0.2) is 5.65 Å². The molecule has 2 aliphatic carbocycles. The molecule has 8 heteroatoms. The summed E-state index contributed by atoms with van der Waals surface area (Å²) in [5.41, 5.74) is -0.674. The van der Waals surface area contributed by atoms with E-state index in [1.807, 2.05) is 4.68 Å². The van der Waals surface area contributed by atoms with E-state index in [9.17, 15) is 9.18 Å². The van der Waals surface area contributed by atoms with E-state index in [2.05, 4.69) is 20.1 Å². The van der Waals surface area contributed by atoms with Crippen LogP contribution in [0.4, 0.5) is 4.39 Å². The Morgan fingerprint density at radius 2 is 1.86 bits per heavy atom. The van der Waals surface area contributed by atoms with Crippen LogP contribution in [-0.4, -0.2) is 35.4 Å². The highest BCUT2D eigenvalue weighted by atomic mass is 19.1. The summed E-state index contributed by atoms with van der Waals surface area (Å²) < 4.78 is 16.0. The second-order valence-electron chi connectivity index (χ2n) is 8.32. The summed E-state index contributed by atoms with van der Waals surface area (Å²) in [5.74, 6) is 1.74. The van der Waals surface area contributed by atoms with E-state index in [0.29, 0.717) is 42.5 Å². The first-order chi connectivity index (χ1) is 13.5. The summed E-state index contributed by atoms with van der Waals surface area (Å²) in [4.78, 5) is 29.1. The Labute approximate surface area is 161 Å². The zero-order chi connectivity index (χ0) is 19.3. The number of nitrogens with zero attached hydrogens (tertiary/aromatic N) is 5. The lowest BCUT2D eigenvalue weighted by Crippen LogP contribution is -2.29. The first-order valence-electron chi connectivity index (χ1n) is 9.95. The summed E-state index contributed by atoms with van der Waals surface area (Å²) in [5, 5.41) is 4.93. The minimum Gasteiger partial charge on any atom is -0.310 e. The molecule has 7 nitrogen and oxygen atoms in total. The van der Waals surface area contributed by atoms with Crippen molar-refractivity contribution in [1.82, 2.24) is 29.7 Å². The summed E-state index contributed by atoms with van der Waals surface area (Å²) in [6.45, 7) is 1.66. The minimum absolute atomic E-state index is 0.0816. The van der Waals surface area contributed by atoms with Gasteiger partial charge in [0.25, 0.3) is 5.56 Å². The maximum absolute atomic E-state index is 14.2. The molecule has 0 bridgehead atoms. The van der Waals surface area contributed by atoms with Crippen molar-refractivity contribution in [1.29, 1.82) is 0 Å². The largest absolute Gasteiger partial charge is 0.310 e. The molecule has 0 spiro atoms. The monoisotopic (exact) mass is 382 g/mol. The third-order valence-electron chi connectivity index (χ3n) is 6.37. The molecule has 2 saturated carbocycles. The van der Waals surface area contributed by atoms with Gasteiger partial charge in [0.05, 0.1) is 12.2 Å². The van der Waals surface area contributed by atoms with Gasteiger partial charge < -0.3 is 4.98 Å². The lowest BCUT2D eigenvalue weighted by molar-refractivity contribution is 0.103. The lowest BCUT2D eigenvalue weighted by Gasteiger charge is -2.34. The molecule has 0 aromatic carbocycles. The third kappa shape index (κ3) is 2.91. The maximum Gasteiger partial charge on any atom is 0.262 e. The third-order valence-corrected chi connectivity index (χ3v) is 6.37. The molecular formula is C20H23FN6O. The van der Waals surface area contributed by atoms with E-state index in [1.54, 1.807) is 31.6 Å². The van der Waals surface area contributed by atoms with Gasteiger partial charge in [-0.05, 0) is 51.5 Å². The minimum atomic E-state index is -1.11. The van der Waals surface area contributed by atoms with Crippen molar-refractivity contribution in [2.24, 2.45) is 0 Å². The first-order valence-corrected chi connectivity index (χ1v) is 9.95. The van der Waals surface area contributed by atoms with Gasteiger partial charge in [-0.3, -0.25) is 4.79 Å². The highest BCUT2D eigenvalue weighted by Gasteiger charge is 2.38. The number of rotatable bonds is 3. The zero-order valence-electron chi connectivity index (χ0n) is 15.8. The van der Waals surface area contributed by atoms with Crippen molar-refractivity contribution in [2.45, 2.75) is 69.0 Å². The SMILES string of the molecule is CC1(F)CCC(n2ncc3c(=O)[nH]c([C@@H]4CC[C@H]4c4ncccn4)nc32)CC1. The second kappa shape index (κ2) is 6.46. The van der Waals surface area contributed by atoms with Gasteiger partial charge in [-0.15, -0.1) is 0 Å². The molecule has 0 radical (unpaired) electrons. The summed E-state index contributed by atoms with van der Waals surface area (Å²) in [7, 11) is 0. The average Bonchev–Trinajstić information content (AvgIpc) is 3.06. The number of halogens is 1. The number of hydrogen-bond donors (Lipinski definition) is 1. The molecule has 146 valence electrons. The number of fused-ring (bicyclic) bond motifs is 1. The number of aromatic nitrogens is 6. The summed E-state index contributed by atoms with van der Waals surface area (Å²) in [6.07, 6.45) is 9.41. The van der Waals surface area contributed by atoms with Crippen molar-refractivity contribution in [3.8, 4) is 0 Å². The number of aromatic amines is 1. The molecule has 0 amide bonds. The first kappa shape index (κ1) is 17.5. The van der Waals surface area contributed by atoms with Crippen LogP contribution in [0.1, 0.15) is 75.0 Å². The van der Waals surface area contributed by atoms with E-state index in [0.717, 1.165) is 18.7 Å². The van der Waals surface area contributed by atoms with E-state index in [-0.39, 0.29) is 23.4 Å². The Kier molecular flexibility index (Phi) is 4.03. The van der Waals surface area contributed by atoms with Crippen molar-refractivity contribution in [2.75, 3.05) is 0 Å². The molecular weight excluding hydrogens is 359 g/mol. The van der Waals surface area contributed by atoms with Crippen LogP contribution in [-0.2, 0) is 0 Å². The Balaban J connectivity index is 1.49. The quantitative estimate of drug-likeness (QED) is 0.750. The fraction of sp³-hybridized carbons (Fsp3) is 0.550. The summed E-state index contributed by atoms with van der Waals surface area (Å²) in [6, 6.07) is 1.88. The van der Waals surface area contributed by atoms with Gasteiger partial charge in [-0.1, -0.05) is 0 Å². The van der Waals surface area contributed by atoms with Crippen LogP contribution in [0.15, 0.2) is 29.5 Å². The molecule has 2 atom stereocenters. The van der Waals surface area contributed by atoms with Crippen LogP contribution >= 0.6 is 0 Å². The van der Waals surface area contributed by atoms with E-state index in [1.165, 1.54) is 0 Å². The smallest absolute Gasteiger partial charge is 0.262 e. The van der Waals surface area contributed by atoms with Crippen LogP contribution in [0, 0.1) is 0 Å². The molecule has 3 aromatic rings. The van der Waals surface area contributed by atoms with Crippen LogP contribution in [0.25, 0.3) is 11.0 Å². The lowest BCUT2D eigenvalue weighted by atomic mass is 9.72. The topological polar surface area (TPSA) is 89.4 Å². The standard InChI is InChI=1S/C20H23FN6O/c1-20(21)7-5-12(6-8-20)27-18-15(11-24-27)19(28)26-17(25-18)14-4-3-13(14)16-22-9-2-10-23-16/h2,9-14H,3-8H2,1H3,(H,25,26,28)/t12?,13-,14-,20?/m1/s1. The Hall–Kier alpha value is -2.64. The van der Waals surface area contributed by atoms with Gasteiger partial charge in [0, 0.05) is 24.2 Å². The molecule has 1 N–H and O–H groups in total. The second-order valence-corrected chi connectivity index (χ2v) is 8.32. The van der Waals surface area contributed by atoms with Crippen LogP contribution < -0.4 is 5.56 Å². The Morgan fingerprint density at radius 1 is 1.14 bits per heavy atom. The van der Waals surface area contributed by atoms with Gasteiger partial charge in [-0.25, -0.2) is 24.0 Å². The number of alkyl halides is 1. The fourth-order valence-electron chi connectivity index (χ4n) is 4.48. The van der Waals surface area contributed by atoms with E-state index < -0.39 is 5.67 Å². The summed E-state index contributed by atoms with van der Waals surface area (Å²) >= 11 is 0.